The van der Waals surface area contributed by atoms with Crippen LogP contribution in [0.25, 0.3) is 0 Å². The molecule has 28 heavy (non-hydrogen) atoms. The number of thioether (sulfide) groups is 1. The molecule has 0 aliphatic carbocycles. The van der Waals surface area contributed by atoms with Crippen LogP contribution in [0.4, 0.5) is 8.78 Å². The van der Waals surface area contributed by atoms with Crippen LogP contribution >= 0.6 is 11.8 Å². The third-order valence-electron chi connectivity index (χ3n) is 5.32. The number of ether oxygens (including phenoxy) is 2. The minimum atomic E-state index is -0.914. The van der Waals surface area contributed by atoms with Gasteiger partial charge in [-0.15, -0.1) is 0 Å². The van der Waals surface area contributed by atoms with Gasteiger partial charge in [0.05, 0.1) is 25.9 Å². The van der Waals surface area contributed by atoms with Gasteiger partial charge in [-0.05, 0) is 18.1 Å². The molecular weight excluding hydrogens is 382 g/mol. The van der Waals surface area contributed by atoms with Gasteiger partial charge in [-0.1, -0.05) is 48.2 Å². The van der Waals surface area contributed by atoms with E-state index in [-0.39, 0.29) is 18.6 Å². The Bertz CT molecular complexity index is 865. The highest BCUT2D eigenvalue weighted by molar-refractivity contribution is 8.13. The molecule has 0 bridgehead atoms. The van der Waals surface area contributed by atoms with Gasteiger partial charge in [0.1, 0.15) is 17.2 Å². The second kappa shape index (κ2) is 8.19. The van der Waals surface area contributed by atoms with E-state index in [1.807, 2.05) is 30.3 Å². The van der Waals surface area contributed by atoms with Crippen molar-refractivity contribution in [1.29, 1.82) is 0 Å². The lowest BCUT2D eigenvalue weighted by molar-refractivity contribution is -0.0927. The normalized spacial score (nSPS) is 27.1. The van der Waals surface area contributed by atoms with E-state index in [1.54, 1.807) is 0 Å². The Morgan fingerprint density at radius 3 is 2.82 bits per heavy atom. The van der Waals surface area contributed by atoms with E-state index >= 15 is 0 Å². The van der Waals surface area contributed by atoms with E-state index in [4.69, 9.17) is 15.2 Å². The SMILES string of the molecule is NC1=N[C@@]2(c3ccc(F)cc3F)CO[C@@H](COCc3ccccc3)C[C@H]2CS1. The van der Waals surface area contributed by atoms with Crippen molar-refractivity contribution in [2.24, 2.45) is 16.6 Å². The van der Waals surface area contributed by atoms with Gasteiger partial charge in [-0.3, -0.25) is 0 Å². The predicted molar refractivity (Wildman–Crippen MR) is 106 cm³/mol. The molecule has 4 rings (SSSR count). The fourth-order valence-corrected chi connectivity index (χ4v) is 4.90. The summed E-state index contributed by atoms with van der Waals surface area (Å²) in [6, 6.07) is 13.6. The van der Waals surface area contributed by atoms with Crippen molar-refractivity contribution in [1.82, 2.24) is 0 Å². The average Bonchev–Trinajstić information content (AvgIpc) is 2.69. The maximum Gasteiger partial charge on any atom is 0.154 e. The van der Waals surface area contributed by atoms with Gasteiger partial charge in [0.2, 0.25) is 0 Å². The zero-order valence-electron chi connectivity index (χ0n) is 15.3. The Balaban J connectivity index is 1.48. The van der Waals surface area contributed by atoms with Crippen molar-refractivity contribution >= 4 is 16.9 Å². The zero-order valence-corrected chi connectivity index (χ0v) is 16.1. The van der Waals surface area contributed by atoms with Crippen molar-refractivity contribution in [2.45, 2.75) is 24.7 Å². The van der Waals surface area contributed by atoms with Crippen LogP contribution in [0.3, 0.4) is 0 Å². The van der Waals surface area contributed by atoms with E-state index in [2.05, 4.69) is 4.99 Å². The average molecular weight is 404 g/mol. The molecule has 148 valence electrons. The van der Waals surface area contributed by atoms with Crippen molar-refractivity contribution in [3.8, 4) is 0 Å². The molecule has 2 aliphatic rings. The number of hydrogen-bond acceptors (Lipinski definition) is 5. The van der Waals surface area contributed by atoms with Gasteiger partial charge in [-0.25, -0.2) is 13.8 Å². The smallest absolute Gasteiger partial charge is 0.154 e. The number of hydrogen-bond donors (Lipinski definition) is 1. The van der Waals surface area contributed by atoms with E-state index in [1.165, 1.54) is 23.9 Å². The Labute approximate surface area is 167 Å². The number of nitrogens with two attached hydrogens (primary N) is 1. The van der Waals surface area contributed by atoms with Crippen molar-refractivity contribution < 1.29 is 18.3 Å². The third-order valence-corrected chi connectivity index (χ3v) is 6.27. The molecule has 0 aromatic heterocycles. The van der Waals surface area contributed by atoms with Crippen LogP contribution in [0.15, 0.2) is 53.5 Å². The van der Waals surface area contributed by atoms with Crippen LogP contribution < -0.4 is 5.73 Å². The summed E-state index contributed by atoms with van der Waals surface area (Å²) in [5, 5.41) is 0.405. The molecule has 7 heteroatoms. The summed E-state index contributed by atoms with van der Waals surface area (Å²) in [6.07, 6.45) is 0.579. The van der Waals surface area contributed by atoms with E-state index < -0.39 is 17.2 Å². The minimum absolute atomic E-state index is 0.0313. The highest BCUT2D eigenvalue weighted by atomic mass is 32.2. The maximum atomic E-state index is 14.6. The summed E-state index contributed by atoms with van der Waals surface area (Å²) in [5.41, 5.74) is 6.49. The van der Waals surface area contributed by atoms with Gasteiger partial charge in [0.15, 0.2) is 5.17 Å². The lowest BCUT2D eigenvalue weighted by Crippen LogP contribution is -2.51. The number of aliphatic imine (C=N–C) groups is 1. The first-order valence-corrected chi connectivity index (χ1v) is 10.2. The monoisotopic (exact) mass is 404 g/mol. The fourth-order valence-electron chi connectivity index (χ4n) is 3.88. The van der Waals surface area contributed by atoms with Crippen molar-refractivity contribution in [2.75, 3.05) is 19.0 Å². The number of fused-ring (bicyclic) bond motifs is 1. The third kappa shape index (κ3) is 3.92. The first-order valence-electron chi connectivity index (χ1n) is 9.24. The number of rotatable bonds is 5. The number of amidine groups is 1. The Hall–Kier alpha value is -1.96. The second-order valence-electron chi connectivity index (χ2n) is 7.18. The molecule has 0 radical (unpaired) electrons. The molecule has 2 aliphatic heterocycles. The molecule has 2 aromatic carbocycles. The molecule has 1 saturated heterocycles. The topological polar surface area (TPSA) is 56.8 Å². The predicted octanol–water partition coefficient (Wildman–Crippen LogP) is 3.84. The minimum Gasteiger partial charge on any atom is -0.379 e. The van der Waals surface area contributed by atoms with E-state index in [0.29, 0.717) is 36.1 Å². The lowest BCUT2D eigenvalue weighted by atomic mass is 9.75. The number of benzene rings is 2. The standard InChI is InChI=1S/C21H22F2N2O2S/c22-16-6-7-18(19(23)9-16)21-13-27-17(8-15(21)12-28-20(24)25-21)11-26-10-14-4-2-1-3-5-14/h1-7,9,15,17H,8,10-13H2,(H2,24,25)/t15-,17+,21-/m0/s1. The first-order chi connectivity index (χ1) is 13.6. The summed E-state index contributed by atoms with van der Waals surface area (Å²) >= 11 is 1.46. The summed E-state index contributed by atoms with van der Waals surface area (Å²) < 4.78 is 39.8. The molecule has 1 fully saturated rings. The molecular formula is C21H22F2N2O2S. The van der Waals surface area contributed by atoms with Crippen LogP contribution in [-0.2, 0) is 21.6 Å². The highest BCUT2D eigenvalue weighted by Crippen LogP contribution is 2.46. The second-order valence-corrected chi connectivity index (χ2v) is 8.22. The zero-order chi connectivity index (χ0) is 19.6. The van der Waals surface area contributed by atoms with Crippen molar-refractivity contribution in [3.63, 3.8) is 0 Å². The molecule has 3 atom stereocenters. The lowest BCUT2D eigenvalue weighted by Gasteiger charge is -2.46. The largest absolute Gasteiger partial charge is 0.379 e. The molecule has 2 aromatic rings. The van der Waals surface area contributed by atoms with Gasteiger partial charge in [-0.2, -0.15) is 0 Å². The van der Waals surface area contributed by atoms with E-state index in [9.17, 15) is 8.78 Å². The summed E-state index contributed by atoms with van der Waals surface area (Å²) in [6.45, 7) is 1.17. The van der Waals surface area contributed by atoms with Crippen LogP contribution in [0.1, 0.15) is 17.5 Å². The maximum absolute atomic E-state index is 14.6. The van der Waals surface area contributed by atoms with Gasteiger partial charge >= 0.3 is 0 Å². The van der Waals surface area contributed by atoms with Crippen LogP contribution in [0.5, 0.6) is 0 Å². The summed E-state index contributed by atoms with van der Waals surface area (Å²) in [7, 11) is 0. The Kier molecular flexibility index (Phi) is 5.66. The van der Waals surface area contributed by atoms with Gasteiger partial charge in [0, 0.05) is 23.3 Å². The van der Waals surface area contributed by atoms with Gasteiger partial charge < -0.3 is 15.2 Å². The molecule has 0 amide bonds. The molecule has 2 heterocycles. The molecule has 0 saturated carbocycles. The number of nitrogens with zero attached hydrogens (tertiary/aromatic N) is 1. The highest BCUT2D eigenvalue weighted by Gasteiger charge is 2.49. The molecule has 0 spiro atoms. The first kappa shape index (κ1) is 19.4. The van der Waals surface area contributed by atoms with Crippen molar-refractivity contribution in [3.05, 3.63) is 71.3 Å². The summed E-state index contributed by atoms with van der Waals surface area (Å²) in [5.74, 6) is -0.482. The van der Waals surface area contributed by atoms with Crippen LogP contribution in [-0.4, -0.2) is 30.2 Å². The molecule has 4 nitrogen and oxygen atoms in total. The fraction of sp³-hybridized carbons (Fsp3) is 0.381. The quantitative estimate of drug-likeness (QED) is 0.823. The Morgan fingerprint density at radius 2 is 2.04 bits per heavy atom. The summed E-state index contributed by atoms with van der Waals surface area (Å²) in [4.78, 5) is 4.59. The van der Waals surface area contributed by atoms with Crippen LogP contribution in [0, 0.1) is 17.6 Å². The molecule has 0 unspecified atom stereocenters. The number of halogens is 2. The van der Waals surface area contributed by atoms with Crippen LogP contribution in [0.2, 0.25) is 0 Å². The molecule has 2 N–H and O–H groups in total. The van der Waals surface area contributed by atoms with Gasteiger partial charge in [0.25, 0.3) is 0 Å². The Morgan fingerprint density at radius 1 is 1.21 bits per heavy atom. The van der Waals surface area contributed by atoms with E-state index in [0.717, 1.165) is 11.6 Å².